The van der Waals surface area contributed by atoms with Crippen LogP contribution in [0.4, 0.5) is 0 Å². The molecule has 0 nitrogen and oxygen atoms in total. The Morgan fingerprint density at radius 2 is 2.00 bits per heavy atom. The molecule has 0 amide bonds. The highest BCUT2D eigenvalue weighted by atomic mass is 14.4. The summed E-state index contributed by atoms with van der Waals surface area (Å²) in [6.45, 7) is 8.88. The maximum Gasteiger partial charge on any atom is -0.0168 e. The highest BCUT2D eigenvalue weighted by Gasteiger charge is 2.31. The third-order valence-corrected chi connectivity index (χ3v) is 3.89. The van der Waals surface area contributed by atoms with Crippen LogP contribution < -0.4 is 0 Å². The number of fused-ring (bicyclic) bond motifs is 1. The lowest BCUT2D eigenvalue weighted by atomic mass is 9.67. The molecule has 1 saturated carbocycles. The fraction of sp³-hybridized carbons (Fsp3) is 0.692. The number of allylic oxidation sites excluding steroid dienone is 3. The van der Waals surface area contributed by atoms with Crippen LogP contribution in [0.15, 0.2) is 23.8 Å². The van der Waals surface area contributed by atoms with Crippen molar-refractivity contribution in [3.63, 3.8) is 0 Å². The lowest BCUT2D eigenvalue weighted by Crippen LogP contribution is -2.26. The Labute approximate surface area is 81.7 Å². The van der Waals surface area contributed by atoms with E-state index in [0.717, 1.165) is 17.8 Å². The van der Waals surface area contributed by atoms with E-state index in [1.165, 1.54) is 31.3 Å². The third kappa shape index (κ3) is 1.59. The van der Waals surface area contributed by atoms with E-state index in [9.17, 15) is 0 Å². The highest BCUT2D eigenvalue weighted by Crippen LogP contribution is 2.44. The number of rotatable bonds is 0. The minimum Gasteiger partial charge on any atom is -0.0958 e. The minimum atomic E-state index is 0.818. The van der Waals surface area contributed by atoms with E-state index in [1.807, 2.05) is 0 Å². The summed E-state index contributed by atoms with van der Waals surface area (Å²) < 4.78 is 0. The molecule has 1 fully saturated rings. The zero-order valence-corrected chi connectivity index (χ0v) is 8.84. The van der Waals surface area contributed by atoms with Gasteiger partial charge in [0.1, 0.15) is 0 Å². The lowest BCUT2D eigenvalue weighted by molar-refractivity contribution is 0.266. The zero-order chi connectivity index (χ0) is 9.42. The van der Waals surface area contributed by atoms with Gasteiger partial charge >= 0.3 is 0 Å². The minimum absolute atomic E-state index is 0.818. The van der Waals surface area contributed by atoms with Gasteiger partial charge in [0.2, 0.25) is 0 Å². The maximum atomic E-state index is 4.09. The first-order valence-corrected chi connectivity index (χ1v) is 5.57. The summed E-state index contributed by atoms with van der Waals surface area (Å²) in [5, 5.41) is 0. The van der Waals surface area contributed by atoms with Crippen molar-refractivity contribution in [2.75, 3.05) is 0 Å². The second-order valence-corrected chi connectivity index (χ2v) is 4.90. The van der Waals surface area contributed by atoms with Gasteiger partial charge in [0.05, 0.1) is 0 Å². The highest BCUT2D eigenvalue weighted by molar-refractivity contribution is 5.29. The van der Waals surface area contributed by atoms with E-state index in [-0.39, 0.29) is 0 Å². The van der Waals surface area contributed by atoms with Crippen molar-refractivity contribution in [3.8, 4) is 0 Å². The molecule has 2 aliphatic rings. The third-order valence-electron chi connectivity index (χ3n) is 3.89. The van der Waals surface area contributed by atoms with E-state index >= 15 is 0 Å². The van der Waals surface area contributed by atoms with Crippen molar-refractivity contribution in [2.24, 2.45) is 17.8 Å². The Morgan fingerprint density at radius 1 is 1.23 bits per heavy atom. The zero-order valence-electron chi connectivity index (χ0n) is 8.84. The second kappa shape index (κ2) is 3.32. The van der Waals surface area contributed by atoms with Gasteiger partial charge in [0.25, 0.3) is 0 Å². The summed E-state index contributed by atoms with van der Waals surface area (Å²) in [7, 11) is 0. The molecule has 2 aliphatic carbocycles. The molecule has 3 unspecified atom stereocenters. The van der Waals surface area contributed by atoms with Gasteiger partial charge in [0, 0.05) is 0 Å². The van der Waals surface area contributed by atoms with Gasteiger partial charge in [-0.1, -0.05) is 37.6 Å². The molecular weight excluding hydrogens is 156 g/mol. The van der Waals surface area contributed by atoms with Crippen LogP contribution in [0.2, 0.25) is 0 Å². The molecule has 0 aliphatic heterocycles. The van der Waals surface area contributed by atoms with E-state index in [0.29, 0.717) is 0 Å². The Morgan fingerprint density at radius 3 is 2.77 bits per heavy atom. The normalized spacial score (nSPS) is 39.7. The second-order valence-electron chi connectivity index (χ2n) is 4.90. The summed E-state index contributed by atoms with van der Waals surface area (Å²) >= 11 is 0. The van der Waals surface area contributed by atoms with Gasteiger partial charge in [-0.3, -0.25) is 0 Å². The van der Waals surface area contributed by atoms with Gasteiger partial charge in [-0.05, 0) is 43.4 Å². The Bertz CT molecular complexity index is 247. The number of hydrogen-bond acceptors (Lipinski definition) is 0. The van der Waals surface area contributed by atoms with Gasteiger partial charge in [-0.2, -0.15) is 0 Å². The van der Waals surface area contributed by atoms with Crippen molar-refractivity contribution >= 4 is 0 Å². The first-order chi connectivity index (χ1) is 6.18. The monoisotopic (exact) mass is 176 g/mol. The first-order valence-electron chi connectivity index (χ1n) is 5.57. The molecule has 0 heterocycles. The molecule has 0 spiro atoms. The Balaban J connectivity index is 2.26. The van der Waals surface area contributed by atoms with Gasteiger partial charge in [0.15, 0.2) is 0 Å². The van der Waals surface area contributed by atoms with Crippen molar-refractivity contribution in [1.29, 1.82) is 0 Å². The number of hydrogen-bond donors (Lipinski definition) is 0. The van der Waals surface area contributed by atoms with Crippen LogP contribution in [0.1, 0.15) is 39.5 Å². The van der Waals surface area contributed by atoms with Crippen molar-refractivity contribution < 1.29 is 0 Å². The fourth-order valence-corrected chi connectivity index (χ4v) is 2.92. The van der Waals surface area contributed by atoms with Crippen molar-refractivity contribution in [3.05, 3.63) is 23.8 Å². The molecule has 0 aromatic rings. The van der Waals surface area contributed by atoms with Crippen molar-refractivity contribution in [1.82, 2.24) is 0 Å². The average Bonchev–Trinajstić information content (AvgIpc) is 2.12. The van der Waals surface area contributed by atoms with E-state index in [4.69, 9.17) is 0 Å². The lowest BCUT2D eigenvalue weighted by Gasteiger charge is -2.38. The Hall–Kier alpha value is -0.520. The topological polar surface area (TPSA) is 0 Å². The summed E-state index contributed by atoms with van der Waals surface area (Å²) in [5.74, 6) is 2.61. The van der Waals surface area contributed by atoms with E-state index in [1.54, 1.807) is 5.57 Å². The van der Waals surface area contributed by atoms with Crippen LogP contribution in [0.25, 0.3) is 0 Å². The molecule has 13 heavy (non-hydrogen) atoms. The fourth-order valence-electron chi connectivity index (χ4n) is 2.92. The first kappa shape index (κ1) is 9.05. The predicted octanol–water partition coefficient (Wildman–Crippen LogP) is 3.95. The summed E-state index contributed by atoms with van der Waals surface area (Å²) in [6.07, 6.45) is 7.78. The molecule has 0 aromatic carbocycles. The molecule has 0 aromatic heterocycles. The molecule has 72 valence electrons. The van der Waals surface area contributed by atoms with E-state index < -0.39 is 0 Å². The molecule has 0 radical (unpaired) electrons. The molecule has 2 rings (SSSR count). The Kier molecular flexibility index (Phi) is 2.31. The molecule has 0 heteroatoms. The standard InChI is InChI=1S/C13H20/c1-9-4-7-12-10(2)5-6-11(3)13(12)8-9/h8,10-12H,1,4-7H2,2-3H3. The van der Waals surface area contributed by atoms with E-state index in [2.05, 4.69) is 26.5 Å². The smallest absolute Gasteiger partial charge is 0.0168 e. The molecule has 0 N–H and O–H groups in total. The summed E-state index contributed by atoms with van der Waals surface area (Å²) in [5.41, 5.74) is 3.06. The molecule has 0 saturated heterocycles. The largest absolute Gasteiger partial charge is 0.0958 e. The van der Waals surface area contributed by atoms with Crippen LogP contribution in [0.5, 0.6) is 0 Å². The van der Waals surface area contributed by atoms with Gasteiger partial charge < -0.3 is 0 Å². The van der Waals surface area contributed by atoms with Crippen molar-refractivity contribution in [2.45, 2.75) is 39.5 Å². The SMILES string of the molecule is C=C1C=C2C(C)CCC(C)C2CC1. The predicted molar refractivity (Wildman–Crippen MR) is 57.5 cm³/mol. The van der Waals surface area contributed by atoms with Crippen LogP contribution in [0.3, 0.4) is 0 Å². The molecule has 0 bridgehead atoms. The average molecular weight is 176 g/mol. The van der Waals surface area contributed by atoms with Crippen LogP contribution in [-0.2, 0) is 0 Å². The van der Waals surface area contributed by atoms with Gasteiger partial charge in [-0.25, -0.2) is 0 Å². The summed E-state index contributed by atoms with van der Waals surface area (Å²) in [4.78, 5) is 0. The maximum absolute atomic E-state index is 4.09. The molecule has 3 atom stereocenters. The summed E-state index contributed by atoms with van der Waals surface area (Å²) in [6, 6.07) is 0. The molecular formula is C13H20. The van der Waals surface area contributed by atoms with Crippen LogP contribution in [0, 0.1) is 17.8 Å². The quantitative estimate of drug-likeness (QED) is 0.524. The van der Waals surface area contributed by atoms with Gasteiger partial charge in [-0.15, -0.1) is 0 Å². The van der Waals surface area contributed by atoms with Crippen LogP contribution >= 0.6 is 0 Å². The van der Waals surface area contributed by atoms with Crippen LogP contribution in [-0.4, -0.2) is 0 Å².